The summed E-state index contributed by atoms with van der Waals surface area (Å²) in [5.74, 6) is 1.95. The summed E-state index contributed by atoms with van der Waals surface area (Å²) in [6.45, 7) is 9.41. The van der Waals surface area contributed by atoms with Gasteiger partial charge < -0.3 is 0 Å². The summed E-state index contributed by atoms with van der Waals surface area (Å²) in [5, 5.41) is 0. The van der Waals surface area contributed by atoms with Gasteiger partial charge in [0.15, 0.2) is 0 Å². The topological polar surface area (TPSA) is 0 Å². The molecule has 14 heavy (non-hydrogen) atoms. The molecule has 0 aliphatic rings. The van der Waals surface area contributed by atoms with Crippen LogP contribution in [0.2, 0.25) is 0 Å². The van der Waals surface area contributed by atoms with Crippen molar-refractivity contribution in [2.75, 3.05) is 0 Å². The largest absolute Gasteiger partial charge is 0.0654 e. The zero-order valence-electron chi connectivity index (χ0n) is 10.8. The van der Waals surface area contributed by atoms with Gasteiger partial charge in [0.25, 0.3) is 0 Å². The maximum atomic E-state index is 2.46. The normalized spacial score (nSPS) is 15.4. The molecule has 0 radical (unpaired) electrons. The first-order chi connectivity index (χ1) is 6.76. The molecule has 0 rings (SSSR count). The van der Waals surface area contributed by atoms with E-state index in [1.165, 1.54) is 51.4 Å². The molecule has 0 aliphatic heterocycles. The van der Waals surface area contributed by atoms with E-state index in [1.807, 2.05) is 0 Å². The Labute approximate surface area is 91.5 Å². The minimum atomic E-state index is 0.957. The predicted molar refractivity (Wildman–Crippen MR) is 66.6 cm³/mol. The fraction of sp³-hybridized carbons (Fsp3) is 1.00. The molecule has 0 bridgehead atoms. The van der Waals surface area contributed by atoms with Crippen LogP contribution >= 0.6 is 0 Å². The van der Waals surface area contributed by atoms with Crippen LogP contribution in [0.15, 0.2) is 0 Å². The molecule has 0 aromatic heterocycles. The molecule has 86 valence electrons. The summed E-state index contributed by atoms with van der Waals surface area (Å²) in [5.41, 5.74) is 0. The smallest absolute Gasteiger partial charge is 0.0391 e. The van der Waals surface area contributed by atoms with Crippen LogP contribution in [0.1, 0.15) is 79.1 Å². The third kappa shape index (κ3) is 6.45. The Morgan fingerprint density at radius 2 is 1.43 bits per heavy atom. The highest BCUT2D eigenvalue weighted by molar-refractivity contribution is 4.65. The molecule has 0 heterocycles. The van der Waals surface area contributed by atoms with Crippen molar-refractivity contribution >= 4 is 0 Å². The maximum Gasteiger partial charge on any atom is -0.0391 e. The van der Waals surface area contributed by atoms with Crippen LogP contribution in [0.25, 0.3) is 0 Å². The molecule has 0 fully saturated rings. The first-order valence-electron chi connectivity index (χ1n) is 6.76. The van der Waals surface area contributed by atoms with Gasteiger partial charge in [0.2, 0.25) is 0 Å². The molecule has 0 amide bonds. The van der Waals surface area contributed by atoms with E-state index in [0.717, 1.165) is 11.8 Å². The van der Waals surface area contributed by atoms with Gasteiger partial charge in [-0.25, -0.2) is 0 Å². The van der Waals surface area contributed by atoms with E-state index in [-0.39, 0.29) is 0 Å². The van der Waals surface area contributed by atoms with Crippen LogP contribution in [0.3, 0.4) is 0 Å². The van der Waals surface area contributed by atoms with E-state index in [1.54, 1.807) is 0 Å². The van der Waals surface area contributed by atoms with Gasteiger partial charge >= 0.3 is 0 Å². The van der Waals surface area contributed by atoms with Crippen molar-refractivity contribution in [1.82, 2.24) is 0 Å². The Kier molecular flexibility index (Phi) is 9.55. The molecule has 0 saturated carbocycles. The fourth-order valence-electron chi connectivity index (χ4n) is 2.31. The SMILES string of the molecule is CCCCCC(C)C(CC)CCCC. The summed E-state index contributed by atoms with van der Waals surface area (Å²) >= 11 is 0. The highest BCUT2D eigenvalue weighted by Crippen LogP contribution is 2.26. The zero-order chi connectivity index (χ0) is 10.8. The molecule has 0 spiro atoms. The van der Waals surface area contributed by atoms with Crippen LogP contribution in [0, 0.1) is 11.8 Å². The van der Waals surface area contributed by atoms with Gasteiger partial charge in [0.1, 0.15) is 0 Å². The molecule has 0 N–H and O–H groups in total. The van der Waals surface area contributed by atoms with Crippen molar-refractivity contribution in [1.29, 1.82) is 0 Å². The fourth-order valence-corrected chi connectivity index (χ4v) is 2.31. The number of hydrogen-bond donors (Lipinski definition) is 0. The van der Waals surface area contributed by atoms with E-state index in [2.05, 4.69) is 27.7 Å². The van der Waals surface area contributed by atoms with E-state index < -0.39 is 0 Å². The van der Waals surface area contributed by atoms with Gasteiger partial charge in [0.05, 0.1) is 0 Å². The quantitative estimate of drug-likeness (QED) is 0.434. The van der Waals surface area contributed by atoms with Crippen molar-refractivity contribution in [3.8, 4) is 0 Å². The van der Waals surface area contributed by atoms with Gasteiger partial charge in [-0.05, 0) is 11.8 Å². The Bertz CT molecular complexity index is 107. The standard InChI is InChI=1S/C14H30/c1-5-8-10-11-13(4)14(7-3)12-9-6-2/h13-14H,5-12H2,1-4H3. The highest BCUT2D eigenvalue weighted by atomic mass is 14.2. The lowest BCUT2D eigenvalue weighted by Gasteiger charge is -2.22. The van der Waals surface area contributed by atoms with Crippen molar-refractivity contribution < 1.29 is 0 Å². The van der Waals surface area contributed by atoms with E-state index in [9.17, 15) is 0 Å². The molecule has 0 heteroatoms. The first-order valence-corrected chi connectivity index (χ1v) is 6.76. The zero-order valence-corrected chi connectivity index (χ0v) is 10.8. The van der Waals surface area contributed by atoms with Gasteiger partial charge in [-0.15, -0.1) is 0 Å². The van der Waals surface area contributed by atoms with E-state index in [0.29, 0.717) is 0 Å². The highest BCUT2D eigenvalue weighted by Gasteiger charge is 2.13. The molecule has 0 aromatic rings. The molecular formula is C14H30. The third-order valence-corrected chi connectivity index (χ3v) is 3.52. The second-order valence-corrected chi connectivity index (χ2v) is 4.78. The summed E-state index contributed by atoms with van der Waals surface area (Å²) in [6, 6.07) is 0. The van der Waals surface area contributed by atoms with E-state index >= 15 is 0 Å². The summed E-state index contributed by atoms with van der Waals surface area (Å²) in [4.78, 5) is 0. The average molecular weight is 198 g/mol. The molecule has 0 saturated heterocycles. The lowest BCUT2D eigenvalue weighted by atomic mass is 9.84. The van der Waals surface area contributed by atoms with Crippen LogP contribution in [-0.4, -0.2) is 0 Å². The van der Waals surface area contributed by atoms with Gasteiger partial charge in [0, 0.05) is 0 Å². The van der Waals surface area contributed by atoms with E-state index in [4.69, 9.17) is 0 Å². The van der Waals surface area contributed by atoms with Crippen molar-refractivity contribution in [2.24, 2.45) is 11.8 Å². The Morgan fingerprint density at radius 1 is 0.786 bits per heavy atom. The van der Waals surface area contributed by atoms with Gasteiger partial charge in [-0.2, -0.15) is 0 Å². The number of unbranched alkanes of at least 4 members (excludes halogenated alkanes) is 3. The van der Waals surface area contributed by atoms with Gasteiger partial charge in [-0.1, -0.05) is 79.1 Å². The Hall–Kier alpha value is 0. The number of rotatable bonds is 9. The first kappa shape index (κ1) is 14.0. The van der Waals surface area contributed by atoms with Gasteiger partial charge in [-0.3, -0.25) is 0 Å². The number of hydrogen-bond acceptors (Lipinski definition) is 0. The second kappa shape index (κ2) is 9.55. The summed E-state index contributed by atoms with van der Waals surface area (Å²) in [6.07, 6.45) is 11.3. The summed E-state index contributed by atoms with van der Waals surface area (Å²) in [7, 11) is 0. The predicted octanol–water partition coefficient (Wildman–Crippen LogP) is 5.42. The Balaban J connectivity index is 3.61. The van der Waals surface area contributed by atoms with Crippen molar-refractivity contribution in [3.63, 3.8) is 0 Å². The molecule has 2 unspecified atom stereocenters. The van der Waals surface area contributed by atoms with Crippen LogP contribution in [-0.2, 0) is 0 Å². The lowest BCUT2D eigenvalue weighted by molar-refractivity contribution is 0.294. The minimum Gasteiger partial charge on any atom is -0.0654 e. The summed E-state index contributed by atoms with van der Waals surface area (Å²) < 4.78 is 0. The monoisotopic (exact) mass is 198 g/mol. The molecular weight excluding hydrogens is 168 g/mol. The van der Waals surface area contributed by atoms with Crippen molar-refractivity contribution in [2.45, 2.75) is 79.1 Å². The van der Waals surface area contributed by atoms with Crippen LogP contribution in [0.5, 0.6) is 0 Å². The third-order valence-electron chi connectivity index (χ3n) is 3.52. The Morgan fingerprint density at radius 3 is 1.93 bits per heavy atom. The van der Waals surface area contributed by atoms with Crippen molar-refractivity contribution in [3.05, 3.63) is 0 Å². The second-order valence-electron chi connectivity index (χ2n) is 4.78. The van der Waals surface area contributed by atoms with Crippen LogP contribution in [0.4, 0.5) is 0 Å². The molecule has 0 aliphatic carbocycles. The average Bonchev–Trinajstić information content (AvgIpc) is 2.19. The molecule has 0 aromatic carbocycles. The maximum absolute atomic E-state index is 2.46. The molecule has 0 nitrogen and oxygen atoms in total. The van der Waals surface area contributed by atoms with Crippen LogP contribution < -0.4 is 0 Å². The lowest BCUT2D eigenvalue weighted by Crippen LogP contribution is -2.10. The minimum absolute atomic E-state index is 0.957. The molecule has 2 atom stereocenters.